The quantitative estimate of drug-likeness (QED) is 0.635. The Hall–Kier alpha value is -2.64. The van der Waals surface area contributed by atoms with E-state index >= 15 is 0 Å². The van der Waals surface area contributed by atoms with Crippen LogP contribution < -0.4 is 0 Å². The van der Waals surface area contributed by atoms with Gasteiger partial charge in [0.25, 0.3) is 5.69 Å². The molecular weight excluding hydrogens is 256 g/mol. The van der Waals surface area contributed by atoms with E-state index in [9.17, 15) is 19.7 Å². The molecule has 0 aliphatic heterocycles. The molecule has 0 saturated heterocycles. The Morgan fingerprint density at radius 2 is 1.95 bits per heavy atom. The van der Waals surface area contributed by atoms with Crippen LogP contribution in [0.4, 0.5) is 10.5 Å². The summed E-state index contributed by atoms with van der Waals surface area (Å²) in [6.07, 6.45) is -0.777. The first-order valence-corrected chi connectivity index (χ1v) is 5.23. The fraction of sp³-hybridized carbons (Fsp3) is 0.273. The van der Waals surface area contributed by atoms with Gasteiger partial charge in [0.1, 0.15) is 13.2 Å². The van der Waals surface area contributed by atoms with Crippen LogP contribution in [0.5, 0.6) is 0 Å². The number of likely N-dealkylation sites (N-methyl/N-ethyl adjacent to an activating group) is 1. The highest BCUT2D eigenvalue weighted by Crippen LogP contribution is 2.12. The summed E-state index contributed by atoms with van der Waals surface area (Å²) >= 11 is 0. The number of carbonyl (C=O) groups is 2. The number of nitro benzene ring substituents is 1. The Bertz CT molecular complexity index is 484. The van der Waals surface area contributed by atoms with Crippen LogP contribution in [-0.4, -0.2) is 40.6 Å². The lowest BCUT2D eigenvalue weighted by atomic mass is 10.2. The number of aliphatic carboxylic acids is 1. The molecule has 8 nitrogen and oxygen atoms in total. The van der Waals surface area contributed by atoms with Crippen LogP contribution >= 0.6 is 0 Å². The summed E-state index contributed by atoms with van der Waals surface area (Å²) in [7, 11) is 1.30. The second-order valence-corrected chi connectivity index (χ2v) is 3.73. The van der Waals surface area contributed by atoms with Crippen molar-refractivity contribution in [2.24, 2.45) is 0 Å². The highest BCUT2D eigenvalue weighted by Gasteiger charge is 2.13. The first kappa shape index (κ1) is 14.4. The number of carboxylic acids is 1. The van der Waals surface area contributed by atoms with E-state index in [-0.39, 0.29) is 12.3 Å². The molecule has 0 aliphatic rings. The van der Waals surface area contributed by atoms with Gasteiger partial charge in [0, 0.05) is 19.2 Å². The zero-order valence-corrected chi connectivity index (χ0v) is 10.1. The lowest BCUT2D eigenvalue weighted by molar-refractivity contribution is -0.384. The lowest BCUT2D eigenvalue weighted by Crippen LogP contribution is -2.32. The molecule has 1 amide bonds. The summed E-state index contributed by atoms with van der Waals surface area (Å²) in [4.78, 5) is 32.5. The molecule has 0 heterocycles. The minimum atomic E-state index is -1.14. The van der Waals surface area contributed by atoms with Crippen molar-refractivity contribution in [1.82, 2.24) is 4.90 Å². The van der Waals surface area contributed by atoms with E-state index in [1.807, 2.05) is 0 Å². The summed E-state index contributed by atoms with van der Waals surface area (Å²) < 4.78 is 4.84. The number of nitrogens with zero attached hydrogens (tertiary/aromatic N) is 2. The van der Waals surface area contributed by atoms with Gasteiger partial charge in [-0.3, -0.25) is 14.9 Å². The average molecular weight is 268 g/mol. The average Bonchev–Trinajstić information content (AvgIpc) is 2.35. The van der Waals surface area contributed by atoms with E-state index in [0.29, 0.717) is 5.56 Å². The van der Waals surface area contributed by atoms with Crippen molar-refractivity contribution in [2.75, 3.05) is 13.6 Å². The normalized spacial score (nSPS) is 9.74. The predicted molar refractivity (Wildman–Crippen MR) is 63.5 cm³/mol. The van der Waals surface area contributed by atoms with Crippen LogP contribution in [0.1, 0.15) is 5.56 Å². The number of carboxylic acid groups (broad SMARTS) is 1. The predicted octanol–water partition coefficient (Wildman–Crippen LogP) is 1.25. The van der Waals surface area contributed by atoms with Gasteiger partial charge < -0.3 is 14.7 Å². The maximum atomic E-state index is 11.4. The number of hydrogen-bond donors (Lipinski definition) is 1. The highest BCUT2D eigenvalue weighted by molar-refractivity contribution is 5.76. The summed E-state index contributed by atoms with van der Waals surface area (Å²) in [6, 6.07) is 5.51. The maximum Gasteiger partial charge on any atom is 0.410 e. The Labute approximate surface area is 108 Å². The van der Waals surface area contributed by atoms with Crippen LogP contribution in [-0.2, 0) is 16.1 Å². The number of non-ortho nitro benzene ring substituents is 1. The monoisotopic (exact) mass is 268 g/mol. The van der Waals surface area contributed by atoms with Crippen molar-refractivity contribution in [3.05, 3.63) is 39.9 Å². The SMILES string of the molecule is CN(CC(=O)O)C(=O)OCc1ccc([N+](=O)[O-])cc1. The molecular formula is C11H12N2O6. The van der Waals surface area contributed by atoms with Crippen molar-refractivity contribution < 1.29 is 24.4 Å². The molecule has 0 unspecified atom stereocenters. The number of benzene rings is 1. The second kappa shape index (κ2) is 6.34. The number of amides is 1. The van der Waals surface area contributed by atoms with E-state index < -0.39 is 23.5 Å². The molecule has 0 fully saturated rings. The van der Waals surface area contributed by atoms with E-state index in [0.717, 1.165) is 4.90 Å². The minimum absolute atomic E-state index is 0.0573. The molecule has 0 aliphatic carbocycles. The van der Waals surface area contributed by atoms with Gasteiger partial charge in [-0.05, 0) is 17.7 Å². The van der Waals surface area contributed by atoms with Gasteiger partial charge in [0.15, 0.2) is 0 Å². The smallest absolute Gasteiger partial charge is 0.410 e. The third-order valence-electron chi connectivity index (χ3n) is 2.19. The molecule has 8 heteroatoms. The Kier molecular flexibility index (Phi) is 4.81. The van der Waals surface area contributed by atoms with E-state index in [2.05, 4.69) is 0 Å². The molecule has 0 spiro atoms. The van der Waals surface area contributed by atoms with Gasteiger partial charge in [-0.25, -0.2) is 4.79 Å². The largest absolute Gasteiger partial charge is 0.480 e. The fourth-order valence-corrected chi connectivity index (χ4v) is 1.24. The third-order valence-corrected chi connectivity index (χ3v) is 2.19. The van der Waals surface area contributed by atoms with E-state index in [1.54, 1.807) is 0 Å². The molecule has 102 valence electrons. The van der Waals surface area contributed by atoms with Crippen LogP contribution in [0, 0.1) is 10.1 Å². The Morgan fingerprint density at radius 3 is 2.42 bits per heavy atom. The number of rotatable bonds is 5. The molecule has 0 atom stereocenters. The van der Waals surface area contributed by atoms with Gasteiger partial charge in [-0.2, -0.15) is 0 Å². The summed E-state index contributed by atoms with van der Waals surface area (Å²) in [5.74, 6) is -1.14. The van der Waals surface area contributed by atoms with Crippen molar-refractivity contribution >= 4 is 17.7 Å². The summed E-state index contributed by atoms with van der Waals surface area (Å²) in [5, 5.41) is 18.9. The van der Waals surface area contributed by atoms with Crippen LogP contribution in [0.3, 0.4) is 0 Å². The van der Waals surface area contributed by atoms with Crippen LogP contribution in [0.15, 0.2) is 24.3 Å². The number of hydrogen-bond acceptors (Lipinski definition) is 5. The van der Waals surface area contributed by atoms with E-state index in [4.69, 9.17) is 9.84 Å². The molecule has 0 saturated carbocycles. The molecule has 0 aromatic heterocycles. The number of nitro groups is 1. The second-order valence-electron chi connectivity index (χ2n) is 3.73. The molecule has 1 aromatic carbocycles. The van der Waals surface area contributed by atoms with Crippen molar-refractivity contribution in [3.8, 4) is 0 Å². The zero-order valence-electron chi connectivity index (χ0n) is 10.1. The maximum absolute atomic E-state index is 11.4. The highest BCUT2D eigenvalue weighted by atomic mass is 16.6. The molecule has 1 rings (SSSR count). The van der Waals surface area contributed by atoms with Gasteiger partial charge in [-0.1, -0.05) is 0 Å². The molecule has 0 radical (unpaired) electrons. The minimum Gasteiger partial charge on any atom is -0.480 e. The Morgan fingerprint density at radius 1 is 1.37 bits per heavy atom. The first-order valence-electron chi connectivity index (χ1n) is 5.23. The van der Waals surface area contributed by atoms with Crippen molar-refractivity contribution in [1.29, 1.82) is 0 Å². The summed E-state index contributed by atoms with van der Waals surface area (Å²) in [6.45, 7) is -0.542. The van der Waals surface area contributed by atoms with Gasteiger partial charge >= 0.3 is 12.1 Å². The van der Waals surface area contributed by atoms with Gasteiger partial charge in [0.05, 0.1) is 4.92 Å². The topological polar surface area (TPSA) is 110 Å². The summed E-state index contributed by atoms with van der Waals surface area (Å²) in [5.41, 5.74) is 0.515. The number of carbonyl (C=O) groups excluding carboxylic acids is 1. The lowest BCUT2D eigenvalue weighted by Gasteiger charge is -2.14. The molecule has 19 heavy (non-hydrogen) atoms. The first-order chi connectivity index (χ1) is 8.90. The fourth-order valence-electron chi connectivity index (χ4n) is 1.24. The molecule has 1 N–H and O–H groups in total. The van der Waals surface area contributed by atoms with Crippen LogP contribution in [0.25, 0.3) is 0 Å². The van der Waals surface area contributed by atoms with Crippen molar-refractivity contribution in [2.45, 2.75) is 6.61 Å². The zero-order chi connectivity index (χ0) is 14.4. The van der Waals surface area contributed by atoms with Crippen molar-refractivity contribution in [3.63, 3.8) is 0 Å². The van der Waals surface area contributed by atoms with E-state index in [1.165, 1.54) is 31.3 Å². The molecule has 1 aromatic rings. The Balaban J connectivity index is 2.50. The number of ether oxygens (including phenoxy) is 1. The van der Waals surface area contributed by atoms with Crippen LogP contribution in [0.2, 0.25) is 0 Å². The molecule has 0 bridgehead atoms. The van der Waals surface area contributed by atoms with Gasteiger partial charge in [-0.15, -0.1) is 0 Å². The third kappa shape index (κ3) is 4.62. The van der Waals surface area contributed by atoms with Gasteiger partial charge in [0.2, 0.25) is 0 Å². The standard InChI is InChI=1S/C11H12N2O6/c1-12(6-10(14)15)11(16)19-7-8-2-4-9(5-3-8)13(17)18/h2-5H,6-7H2,1H3,(H,14,15).